The summed E-state index contributed by atoms with van der Waals surface area (Å²) in [4.78, 5) is 29.6. The average Bonchev–Trinajstić information content (AvgIpc) is 3.01. The topological polar surface area (TPSA) is 94.1 Å². The molecule has 1 aliphatic rings. The zero-order chi connectivity index (χ0) is 32.0. The highest BCUT2D eigenvalue weighted by molar-refractivity contribution is 5.99. The maximum Gasteiger partial charge on any atom is 0.416 e. The van der Waals surface area contributed by atoms with Crippen LogP contribution in [0, 0.1) is 11.7 Å². The molecule has 236 valence electrons. The third-order valence-corrected chi connectivity index (χ3v) is 7.50. The van der Waals surface area contributed by atoms with Crippen LogP contribution < -0.4 is 15.4 Å². The number of carbonyl (C=O) groups excluding carboxylic acids is 2. The smallest absolute Gasteiger partial charge is 0.416 e. The Morgan fingerprint density at radius 2 is 1.70 bits per heavy atom. The number of aliphatic hydroxyl groups excluding tert-OH is 1. The Morgan fingerprint density at radius 1 is 1.07 bits per heavy atom. The molecule has 12 heteroatoms. The van der Waals surface area contributed by atoms with Crippen LogP contribution in [0.25, 0.3) is 0 Å². The van der Waals surface area contributed by atoms with Crippen LogP contribution in [0.5, 0.6) is 5.75 Å². The second kappa shape index (κ2) is 14.1. The normalized spacial score (nSPS) is 18.0. The van der Waals surface area contributed by atoms with Gasteiger partial charge >= 0.3 is 12.2 Å². The largest absolute Gasteiger partial charge is 0.488 e. The molecule has 3 aromatic carbocycles. The van der Waals surface area contributed by atoms with Crippen molar-refractivity contribution in [1.29, 1.82) is 0 Å². The number of fused-ring (bicyclic) bond motifs is 1. The van der Waals surface area contributed by atoms with E-state index in [4.69, 9.17) is 4.74 Å². The molecule has 0 spiro atoms. The SMILES string of the molecule is C[C@H]1CN([C@@H](C)CO)C(=O)Cc2cc(NC(=O)Nc3ccc(F)cc3)ccc2O[C@@H]1CN(C)Cc1ccc(C(F)(F)F)cc1. The van der Waals surface area contributed by atoms with E-state index in [2.05, 4.69) is 10.6 Å². The maximum atomic E-state index is 13.4. The van der Waals surface area contributed by atoms with Gasteiger partial charge in [0.1, 0.15) is 17.7 Å². The summed E-state index contributed by atoms with van der Waals surface area (Å²) < 4.78 is 58.6. The zero-order valence-corrected chi connectivity index (χ0v) is 24.7. The van der Waals surface area contributed by atoms with E-state index in [0.29, 0.717) is 47.9 Å². The number of amides is 3. The predicted molar refractivity (Wildman–Crippen MR) is 159 cm³/mol. The van der Waals surface area contributed by atoms with Crippen molar-refractivity contribution >= 4 is 23.3 Å². The first-order valence-electron chi connectivity index (χ1n) is 14.2. The van der Waals surface area contributed by atoms with Gasteiger partial charge in [0, 0.05) is 42.5 Å². The first-order valence-corrected chi connectivity index (χ1v) is 14.2. The molecule has 3 aromatic rings. The van der Waals surface area contributed by atoms with Crippen LogP contribution in [-0.2, 0) is 23.9 Å². The summed E-state index contributed by atoms with van der Waals surface area (Å²) in [5.74, 6) is -0.356. The average molecular weight is 617 g/mol. The number of carbonyl (C=O) groups is 2. The van der Waals surface area contributed by atoms with Gasteiger partial charge in [0.15, 0.2) is 0 Å². The molecule has 0 fully saturated rings. The predicted octanol–water partition coefficient (Wildman–Crippen LogP) is 5.77. The maximum absolute atomic E-state index is 13.4. The van der Waals surface area contributed by atoms with Gasteiger partial charge in [-0.15, -0.1) is 0 Å². The highest BCUT2D eigenvalue weighted by atomic mass is 19.4. The number of nitrogens with one attached hydrogen (secondary N) is 2. The van der Waals surface area contributed by atoms with E-state index >= 15 is 0 Å². The number of hydrogen-bond donors (Lipinski definition) is 3. The van der Waals surface area contributed by atoms with Crippen molar-refractivity contribution < 1.29 is 37.0 Å². The molecular weight excluding hydrogens is 580 g/mol. The zero-order valence-electron chi connectivity index (χ0n) is 24.7. The van der Waals surface area contributed by atoms with Gasteiger partial charge in [0.2, 0.25) is 5.91 Å². The summed E-state index contributed by atoms with van der Waals surface area (Å²) in [5, 5.41) is 15.2. The van der Waals surface area contributed by atoms with Crippen LogP contribution in [0.3, 0.4) is 0 Å². The summed E-state index contributed by atoms with van der Waals surface area (Å²) in [6, 6.07) is 14.3. The molecule has 0 aliphatic carbocycles. The lowest BCUT2D eigenvalue weighted by Crippen LogP contribution is -2.47. The van der Waals surface area contributed by atoms with E-state index in [1.165, 1.54) is 36.4 Å². The number of rotatable bonds is 8. The number of halogens is 4. The Labute approximate surface area is 253 Å². The van der Waals surface area contributed by atoms with Gasteiger partial charge in [-0.3, -0.25) is 9.69 Å². The molecule has 3 atom stereocenters. The lowest BCUT2D eigenvalue weighted by molar-refractivity contribution is -0.137. The Kier molecular flexibility index (Phi) is 10.5. The van der Waals surface area contributed by atoms with Crippen molar-refractivity contribution in [3.8, 4) is 5.75 Å². The first kappa shape index (κ1) is 32.7. The van der Waals surface area contributed by atoms with E-state index in [1.807, 2.05) is 18.9 Å². The van der Waals surface area contributed by atoms with Crippen LogP contribution >= 0.6 is 0 Å². The Balaban J connectivity index is 1.54. The summed E-state index contributed by atoms with van der Waals surface area (Å²) in [5.41, 5.74) is 1.34. The quantitative estimate of drug-likeness (QED) is 0.280. The fourth-order valence-electron chi connectivity index (χ4n) is 5.03. The van der Waals surface area contributed by atoms with Gasteiger partial charge in [-0.25, -0.2) is 9.18 Å². The van der Waals surface area contributed by atoms with Gasteiger partial charge in [0.05, 0.1) is 24.6 Å². The second-order valence-corrected chi connectivity index (χ2v) is 11.2. The standard InChI is InChI=1S/C32H36F4N4O4/c1-20-16-40(21(2)19-41)30(42)15-23-14-27(38-31(43)37-26-10-8-25(33)9-11-26)12-13-28(23)44-29(20)18-39(3)17-22-4-6-24(7-5-22)32(34,35)36/h4-14,20-21,29,41H,15-19H2,1-3H3,(H2,37,38,43)/t20-,21-,29+/m0/s1. The minimum Gasteiger partial charge on any atom is -0.488 e. The molecule has 3 amide bonds. The molecule has 4 rings (SSSR count). The van der Waals surface area contributed by atoms with Gasteiger partial charge in [-0.1, -0.05) is 19.1 Å². The summed E-state index contributed by atoms with van der Waals surface area (Å²) >= 11 is 0. The minimum absolute atomic E-state index is 0.0321. The fraction of sp³-hybridized carbons (Fsp3) is 0.375. The highest BCUT2D eigenvalue weighted by Gasteiger charge is 2.32. The fourth-order valence-corrected chi connectivity index (χ4v) is 5.03. The number of alkyl halides is 3. The second-order valence-electron chi connectivity index (χ2n) is 11.2. The lowest BCUT2D eigenvalue weighted by Gasteiger charge is -2.34. The number of anilines is 2. The summed E-state index contributed by atoms with van der Waals surface area (Å²) in [7, 11) is 1.84. The molecule has 3 N–H and O–H groups in total. The van der Waals surface area contributed by atoms with E-state index in [1.54, 1.807) is 30.0 Å². The van der Waals surface area contributed by atoms with Crippen LogP contribution in [0.4, 0.5) is 33.7 Å². The Hall–Kier alpha value is -4.16. The number of likely N-dealkylation sites (N-methyl/N-ethyl adjacent to an activating group) is 1. The van der Waals surface area contributed by atoms with Crippen molar-refractivity contribution in [3.63, 3.8) is 0 Å². The van der Waals surface area contributed by atoms with Crippen LogP contribution in [0.2, 0.25) is 0 Å². The highest BCUT2D eigenvalue weighted by Crippen LogP contribution is 2.31. The van der Waals surface area contributed by atoms with Gasteiger partial charge in [-0.05, 0) is 74.1 Å². The number of urea groups is 1. The van der Waals surface area contributed by atoms with Crippen molar-refractivity contribution in [2.75, 3.05) is 37.4 Å². The van der Waals surface area contributed by atoms with Gasteiger partial charge in [-0.2, -0.15) is 13.2 Å². The summed E-state index contributed by atoms with van der Waals surface area (Å²) in [6.07, 6.45) is -4.86. The van der Waals surface area contributed by atoms with Crippen molar-refractivity contribution in [2.45, 2.75) is 45.1 Å². The monoisotopic (exact) mass is 616 g/mol. The van der Waals surface area contributed by atoms with Crippen LogP contribution in [0.1, 0.15) is 30.5 Å². The molecular formula is C32H36F4N4O4. The summed E-state index contributed by atoms with van der Waals surface area (Å²) in [6.45, 7) is 4.57. The first-order chi connectivity index (χ1) is 20.8. The molecule has 0 saturated carbocycles. The van der Waals surface area contributed by atoms with E-state index in [9.17, 15) is 32.3 Å². The lowest BCUT2D eigenvalue weighted by atomic mass is 10.0. The van der Waals surface area contributed by atoms with Crippen molar-refractivity contribution in [3.05, 3.63) is 89.2 Å². The van der Waals surface area contributed by atoms with E-state index in [0.717, 1.165) is 12.1 Å². The van der Waals surface area contributed by atoms with E-state index < -0.39 is 35.7 Å². The Morgan fingerprint density at radius 3 is 2.34 bits per heavy atom. The van der Waals surface area contributed by atoms with Gasteiger partial charge in [0.25, 0.3) is 0 Å². The van der Waals surface area contributed by atoms with Crippen LogP contribution in [-0.4, -0.2) is 65.7 Å². The molecule has 1 aliphatic heterocycles. The van der Waals surface area contributed by atoms with Crippen molar-refractivity contribution in [2.24, 2.45) is 5.92 Å². The van der Waals surface area contributed by atoms with Crippen LogP contribution in [0.15, 0.2) is 66.7 Å². The molecule has 1 heterocycles. The molecule has 0 bridgehead atoms. The third-order valence-electron chi connectivity index (χ3n) is 7.50. The van der Waals surface area contributed by atoms with E-state index in [-0.39, 0.29) is 24.9 Å². The molecule has 0 radical (unpaired) electrons. The molecule has 0 saturated heterocycles. The number of hydrogen-bond acceptors (Lipinski definition) is 5. The minimum atomic E-state index is -4.41. The number of nitrogens with zero attached hydrogens (tertiary/aromatic N) is 2. The Bertz CT molecular complexity index is 1430. The molecule has 8 nitrogen and oxygen atoms in total. The number of aliphatic hydroxyl groups is 1. The third kappa shape index (κ3) is 8.70. The number of ether oxygens (including phenoxy) is 1. The molecule has 0 unspecified atom stereocenters. The molecule has 0 aromatic heterocycles. The molecule has 44 heavy (non-hydrogen) atoms. The van der Waals surface area contributed by atoms with Gasteiger partial charge < -0.3 is 25.4 Å². The number of benzene rings is 3. The van der Waals surface area contributed by atoms with Crippen molar-refractivity contribution in [1.82, 2.24) is 9.80 Å².